The molecule has 1 aromatic rings. The monoisotopic (exact) mass is 313 g/mol. The number of hydrogen-bond donors (Lipinski definition) is 1. The molecule has 0 saturated carbocycles. The molecular formula is C14H19NO5S. The van der Waals surface area contributed by atoms with E-state index < -0.39 is 16.0 Å². The average Bonchev–Trinajstić information content (AvgIpc) is 2.99. The van der Waals surface area contributed by atoms with Gasteiger partial charge in [-0.1, -0.05) is 0 Å². The predicted molar refractivity (Wildman–Crippen MR) is 76.6 cm³/mol. The first-order valence-corrected chi connectivity index (χ1v) is 8.31. The van der Waals surface area contributed by atoms with Crippen molar-refractivity contribution in [2.24, 2.45) is 0 Å². The first-order chi connectivity index (χ1) is 10.0. The molecular weight excluding hydrogens is 294 g/mol. The van der Waals surface area contributed by atoms with Crippen molar-refractivity contribution in [3.05, 3.63) is 29.8 Å². The molecule has 0 aliphatic carbocycles. The van der Waals surface area contributed by atoms with E-state index in [4.69, 9.17) is 4.74 Å². The Hall–Kier alpha value is -1.44. The second kappa shape index (κ2) is 7.02. The van der Waals surface area contributed by atoms with Crippen LogP contribution in [0.15, 0.2) is 29.2 Å². The van der Waals surface area contributed by atoms with Crippen LogP contribution in [0.3, 0.4) is 0 Å². The van der Waals surface area contributed by atoms with Crippen LogP contribution in [0.4, 0.5) is 0 Å². The molecule has 0 spiro atoms. The van der Waals surface area contributed by atoms with Gasteiger partial charge < -0.3 is 9.47 Å². The summed E-state index contributed by atoms with van der Waals surface area (Å²) in [6, 6.07) is 5.64. The molecule has 0 amide bonds. The van der Waals surface area contributed by atoms with E-state index in [0.717, 1.165) is 19.4 Å². The molecule has 7 heteroatoms. The molecule has 1 heterocycles. The van der Waals surface area contributed by atoms with Gasteiger partial charge in [0.1, 0.15) is 0 Å². The molecule has 0 unspecified atom stereocenters. The molecule has 116 valence electrons. The minimum atomic E-state index is -3.56. The van der Waals surface area contributed by atoms with Crippen LogP contribution in [0.2, 0.25) is 0 Å². The fourth-order valence-electron chi connectivity index (χ4n) is 2.20. The number of hydrogen-bond acceptors (Lipinski definition) is 5. The molecule has 2 rings (SSSR count). The third kappa shape index (κ3) is 4.26. The maximum atomic E-state index is 12.1. The standard InChI is InChI=1S/C14H19NO5S/c1-19-14(16)11-4-6-13(7-5-11)21(17,18)15-9-8-12-3-2-10-20-12/h4-7,12,15H,2-3,8-10H2,1H3/t12-/m0/s1. The lowest BCUT2D eigenvalue weighted by atomic mass is 10.2. The van der Waals surface area contributed by atoms with Gasteiger partial charge in [-0.25, -0.2) is 17.9 Å². The van der Waals surface area contributed by atoms with E-state index in [-0.39, 0.29) is 11.0 Å². The number of carbonyl (C=O) groups is 1. The lowest BCUT2D eigenvalue weighted by Gasteiger charge is -2.10. The van der Waals surface area contributed by atoms with Crippen molar-refractivity contribution in [3.8, 4) is 0 Å². The zero-order valence-corrected chi connectivity index (χ0v) is 12.7. The Labute approximate surface area is 124 Å². The van der Waals surface area contributed by atoms with Crippen LogP contribution in [0.25, 0.3) is 0 Å². The summed E-state index contributed by atoms with van der Waals surface area (Å²) in [6.07, 6.45) is 2.83. The molecule has 1 fully saturated rings. The highest BCUT2D eigenvalue weighted by molar-refractivity contribution is 7.89. The smallest absolute Gasteiger partial charge is 0.337 e. The fraction of sp³-hybridized carbons (Fsp3) is 0.500. The van der Waals surface area contributed by atoms with E-state index in [1.54, 1.807) is 0 Å². The first kappa shape index (κ1) is 15.9. The summed E-state index contributed by atoms with van der Waals surface area (Å²) in [7, 11) is -2.28. The van der Waals surface area contributed by atoms with E-state index in [1.807, 2.05) is 0 Å². The number of carbonyl (C=O) groups excluding carboxylic acids is 1. The van der Waals surface area contributed by atoms with E-state index in [1.165, 1.54) is 31.4 Å². The van der Waals surface area contributed by atoms with Gasteiger partial charge in [-0.2, -0.15) is 0 Å². The van der Waals surface area contributed by atoms with Gasteiger partial charge in [-0.15, -0.1) is 0 Å². The number of nitrogens with one attached hydrogen (secondary N) is 1. The molecule has 1 N–H and O–H groups in total. The van der Waals surface area contributed by atoms with Gasteiger partial charge in [0.25, 0.3) is 0 Å². The lowest BCUT2D eigenvalue weighted by Crippen LogP contribution is -2.27. The maximum Gasteiger partial charge on any atom is 0.337 e. The number of benzene rings is 1. The van der Waals surface area contributed by atoms with Crippen molar-refractivity contribution in [2.45, 2.75) is 30.3 Å². The van der Waals surface area contributed by atoms with Gasteiger partial charge in [-0.3, -0.25) is 0 Å². The molecule has 0 radical (unpaired) electrons. The lowest BCUT2D eigenvalue weighted by molar-refractivity contribution is 0.0600. The van der Waals surface area contributed by atoms with Crippen LogP contribution in [0, 0.1) is 0 Å². The Kier molecular flexibility index (Phi) is 5.33. The summed E-state index contributed by atoms with van der Waals surface area (Å²) in [5.74, 6) is -0.495. The first-order valence-electron chi connectivity index (χ1n) is 6.82. The van der Waals surface area contributed by atoms with Crippen LogP contribution in [-0.4, -0.2) is 40.8 Å². The highest BCUT2D eigenvalue weighted by atomic mass is 32.2. The number of esters is 1. The molecule has 0 aromatic heterocycles. The van der Waals surface area contributed by atoms with Gasteiger partial charge in [-0.05, 0) is 43.5 Å². The minimum Gasteiger partial charge on any atom is -0.465 e. The molecule has 1 atom stereocenters. The van der Waals surface area contributed by atoms with Gasteiger partial charge in [0.2, 0.25) is 10.0 Å². The molecule has 1 saturated heterocycles. The van der Waals surface area contributed by atoms with Crippen LogP contribution < -0.4 is 4.72 Å². The van der Waals surface area contributed by atoms with E-state index >= 15 is 0 Å². The molecule has 21 heavy (non-hydrogen) atoms. The summed E-state index contributed by atoms with van der Waals surface area (Å²) >= 11 is 0. The number of rotatable bonds is 6. The Morgan fingerprint density at radius 1 is 1.38 bits per heavy atom. The minimum absolute atomic E-state index is 0.127. The van der Waals surface area contributed by atoms with Crippen molar-refractivity contribution in [1.82, 2.24) is 4.72 Å². The zero-order valence-electron chi connectivity index (χ0n) is 11.9. The third-order valence-corrected chi connectivity index (χ3v) is 4.85. The summed E-state index contributed by atoms with van der Waals surface area (Å²) < 4.78 is 36.7. The van der Waals surface area contributed by atoms with E-state index in [2.05, 4.69) is 9.46 Å². The van der Waals surface area contributed by atoms with Crippen molar-refractivity contribution < 1.29 is 22.7 Å². The van der Waals surface area contributed by atoms with Gasteiger partial charge in [0.15, 0.2) is 0 Å². The number of methoxy groups -OCH3 is 1. The van der Waals surface area contributed by atoms with Crippen molar-refractivity contribution >= 4 is 16.0 Å². The Morgan fingerprint density at radius 2 is 2.10 bits per heavy atom. The second-order valence-electron chi connectivity index (χ2n) is 4.84. The largest absolute Gasteiger partial charge is 0.465 e. The van der Waals surface area contributed by atoms with E-state index in [0.29, 0.717) is 18.5 Å². The quantitative estimate of drug-likeness (QED) is 0.801. The SMILES string of the molecule is COC(=O)c1ccc(S(=O)(=O)NCC[C@@H]2CCCO2)cc1. The maximum absolute atomic E-state index is 12.1. The van der Waals surface area contributed by atoms with Crippen LogP contribution in [0.1, 0.15) is 29.6 Å². The Balaban J connectivity index is 1.93. The van der Waals surface area contributed by atoms with Gasteiger partial charge in [0.05, 0.1) is 23.7 Å². The fourth-order valence-corrected chi connectivity index (χ4v) is 3.25. The molecule has 6 nitrogen and oxygen atoms in total. The molecule has 1 aromatic carbocycles. The van der Waals surface area contributed by atoms with Crippen LogP contribution >= 0.6 is 0 Å². The van der Waals surface area contributed by atoms with E-state index in [9.17, 15) is 13.2 Å². The highest BCUT2D eigenvalue weighted by Gasteiger charge is 2.18. The van der Waals surface area contributed by atoms with Crippen molar-refractivity contribution in [2.75, 3.05) is 20.3 Å². The summed E-state index contributed by atoms with van der Waals surface area (Å²) in [5, 5.41) is 0. The highest BCUT2D eigenvalue weighted by Crippen LogP contribution is 2.15. The van der Waals surface area contributed by atoms with Gasteiger partial charge in [0, 0.05) is 13.2 Å². The Morgan fingerprint density at radius 3 is 2.67 bits per heavy atom. The van der Waals surface area contributed by atoms with Crippen molar-refractivity contribution in [1.29, 1.82) is 0 Å². The topological polar surface area (TPSA) is 81.7 Å². The summed E-state index contributed by atoms with van der Waals surface area (Å²) in [6.45, 7) is 1.10. The average molecular weight is 313 g/mol. The second-order valence-corrected chi connectivity index (χ2v) is 6.60. The number of ether oxygens (including phenoxy) is 2. The van der Waals surface area contributed by atoms with Gasteiger partial charge >= 0.3 is 5.97 Å². The Bertz CT molecular complexity index is 576. The zero-order chi connectivity index (χ0) is 15.3. The van der Waals surface area contributed by atoms with Crippen molar-refractivity contribution in [3.63, 3.8) is 0 Å². The van der Waals surface area contributed by atoms with Crippen LogP contribution in [0.5, 0.6) is 0 Å². The predicted octanol–water partition coefficient (Wildman–Crippen LogP) is 1.32. The molecule has 1 aliphatic heterocycles. The summed E-state index contributed by atoms with van der Waals surface area (Å²) in [4.78, 5) is 11.4. The summed E-state index contributed by atoms with van der Waals surface area (Å²) in [5.41, 5.74) is 0.316. The molecule has 1 aliphatic rings. The normalized spacial score (nSPS) is 18.6. The number of sulfonamides is 1. The van der Waals surface area contributed by atoms with Crippen LogP contribution in [-0.2, 0) is 19.5 Å². The molecule has 0 bridgehead atoms. The third-order valence-electron chi connectivity index (χ3n) is 3.37.